The topological polar surface area (TPSA) is 96.9 Å². The van der Waals surface area contributed by atoms with Crippen molar-refractivity contribution in [1.82, 2.24) is 5.32 Å². The molecular formula is C30H31Cl3N2O5S. The van der Waals surface area contributed by atoms with Crippen LogP contribution in [0.15, 0.2) is 77.7 Å². The molecule has 0 bridgehead atoms. The number of nitrogens with one attached hydrogen (secondary N) is 2. The van der Waals surface area contributed by atoms with Gasteiger partial charge in [0.1, 0.15) is 0 Å². The summed E-state index contributed by atoms with van der Waals surface area (Å²) in [7, 11) is 0. The van der Waals surface area contributed by atoms with Gasteiger partial charge in [-0.2, -0.15) is 0 Å². The summed E-state index contributed by atoms with van der Waals surface area (Å²) < 4.78 is 11.0. The number of aliphatic hydroxyl groups excluding tert-OH is 1. The Balaban J connectivity index is 1.50. The highest BCUT2D eigenvalue weighted by Crippen LogP contribution is 2.43. The minimum absolute atomic E-state index is 0.0262. The van der Waals surface area contributed by atoms with E-state index in [0.29, 0.717) is 5.75 Å². The van der Waals surface area contributed by atoms with Crippen molar-refractivity contribution in [3.8, 4) is 0 Å². The fraction of sp³-hybridized carbons (Fsp3) is 0.333. The van der Waals surface area contributed by atoms with Gasteiger partial charge in [0, 0.05) is 41.3 Å². The quantitative estimate of drug-likeness (QED) is 0.178. The minimum atomic E-state index is -2.02. The molecule has 2 amide bonds. The van der Waals surface area contributed by atoms with E-state index in [1.54, 1.807) is 11.8 Å². The maximum atomic E-state index is 11.9. The molecule has 7 nitrogen and oxygen atoms in total. The Labute approximate surface area is 258 Å². The predicted molar refractivity (Wildman–Crippen MR) is 163 cm³/mol. The number of carbonyl (C=O) groups is 2. The lowest BCUT2D eigenvalue weighted by molar-refractivity contribution is -0.268. The standard InChI is InChI=1S/C30H31Cl3N2O5S/c1-18-26(17-41-25-13-11-24(12-14-25)35-19(2)37)39-28(40-27(18)22-7-5-21(16-36)6-8-22)23-9-3-20(4-10-23)15-34-29(38)30(31,32)33/h3-14,18,26-28,36H,15-17H2,1-2H3,(H,34,38)(H,35,37)/t18-,26+,27+,28+/m0/s1. The van der Waals surface area contributed by atoms with Crippen LogP contribution in [0.4, 0.5) is 5.69 Å². The van der Waals surface area contributed by atoms with Crippen molar-refractivity contribution in [2.24, 2.45) is 5.92 Å². The molecule has 1 heterocycles. The largest absolute Gasteiger partial charge is 0.392 e. The molecule has 1 fully saturated rings. The lowest BCUT2D eigenvalue weighted by Crippen LogP contribution is -2.38. The van der Waals surface area contributed by atoms with Crippen molar-refractivity contribution in [3.05, 3.63) is 95.1 Å². The van der Waals surface area contributed by atoms with Gasteiger partial charge in [0.25, 0.3) is 9.70 Å². The fourth-order valence-electron chi connectivity index (χ4n) is 4.40. The lowest BCUT2D eigenvalue weighted by atomic mass is 9.91. The van der Waals surface area contributed by atoms with Crippen LogP contribution < -0.4 is 10.6 Å². The number of ether oxygens (including phenoxy) is 2. The first-order valence-electron chi connectivity index (χ1n) is 13.0. The summed E-state index contributed by atoms with van der Waals surface area (Å²) in [4.78, 5) is 24.3. The number of halogens is 3. The molecule has 0 unspecified atom stereocenters. The minimum Gasteiger partial charge on any atom is -0.392 e. The molecule has 3 aromatic rings. The summed E-state index contributed by atoms with van der Waals surface area (Å²) >= 11 is 18.6. The Morgan fingerprint density at radius 1 is 0.902 bits per heavy atom. The number of anilines is 1. The van der Waals surface area contributed by atoms with Crippen LogP contribution in [0.25, 0.3) is 0 Å². The molecule has 3 aromatic carbocycles. The third-order valence-corrected chi connectivity index (χ3v) is 8.29. The van der Waals surface area contributed by atoms with E-state index in [0.717, 1.165) is 32.8 Å². The van der Waals surface area contributed by atoms with Gasteiger partial charge < -0.3 is 25.2 Å². The van der Waals surface area contributed by atoms with Crippen LogP contribution in [0, 0.1) is 5.92 Å². The van der Waals surface area contributed by atoms with E-state index in [1.807, 2.05) is 72.8 Å². The van der Waals surface area contributed by atoms with Gasteiger partial charge in [0.2, 0.25) is 5.91 Å². The number of hydrogen-bond acceptors (Lipinski definition) is 6. The van der Waals surface area contributed by atoms with E-state index >= 15 is 0 Å². The molecule has 0 radical (unpaired) electrons. The highest BCUT2D eigenvalue weighted by atomic mass is 35.6. The summed E-state index contributed by atoms with van der Waals surface area (Å²) in [6.45, 7) is 3.77. The SMILES string of the molecule is CC(=O)Nc1ccc(SC[C@H]2O[C@@H](c3ccc(CNC(=O)C(Cl)(Cl)Cl)cc3)O[C@@H](c3ccc(CO)cc3)[C@H]2C)cc1. The number of benzene rings is 3. The van der Waals surface area contributed by atoms with Crippen LogP contribution in [0.5, 0.6) is 0 Å². The number of carbonyl (C=O) groups excluding carboxylic acids is 2. The fourth-order valence-corrected chi connectivity index (χ4v) is 5.67. The van der Waals surface area contributed by atoms with Crippen LogP contribution in [-0.2, 0) is 32.2 Å². The first-order chi connectivity index (χ1) is 19.5. The van der Waals surface area contributed by atoms with Crippen molar-refractivity contribution in [2.75, 3.05) is 11.1 Å². The average Bonchev–Trinajstić information content (AvgIpc) is 2.95. The van der Waals surface area contributed by atoms with Gasteiger partial charge in [-0.1, -0.05) is 90.3 Å². The summed E-state index contributed by atoms with van der Waals surface area (Å²) in [5, 5.41) is 14.9. The third-order valence-electron chi connectivity index (χ3n) is 6.67. The van der Waals surface area contributed by atoms with Crippen LogP contribution in [-0.4, -0.2) is 32.6 Å². The molecule has 1 saturated heterocycles. The Morgan fingerprint density at radius 2 is 1.51 bits per heavy atom. The number of aliphatic hydroxyl groups is 1. The van der Waals surface area contributed by atoms with E-state index in [1.165, 1.54) is 6.92 Å². The number of rotatable bonds is 9. The summed E-state index contributed by atoms with van der Waals surface area (Å²) in [6.07, 6.45) is -0.997. The molecule has 218 valence electrons. The van der Waals surface area contributed by atoms with Crippen LogP contribution in [0.2, 0.25) is 0 Å². The van der Waals surface area contributed by atoms with Gasteiger partial charge in [-0.05, 0) is 41.0 Å². The summed E-state index contributed by atoms with van der Waals surface area (Å²) in [5.41, 5.74) is 4.24. The number of hydrogen-bond donors (Lipinski definition) is 3. The zero-order valence-electron chi connectivity index (χ0n) is 22.5. The lowest BCUT2D eigenvalue weighted by Gasteiger charge is -2.41. The highest BCUT2D eigenvalue weighted by molar-refractivity contribution is 7.99. The van der Waals surface area contributed by atoms with Crippen molar-refractivity contribution < 1.29 is 24.2 Å². The van der Waals surface area contributed by atoms with Crippen molar-refractivity contribution in [3.63, 3.8) is 0 Å². The number of thioether (sulfide) groups is 1. The van der Waals surface area contributed by atoms with Gasteiger partial charge in [-0.25, -0.2) is 0 Å². The second kappa shape index (κ2) is 14.2. The van der Waals surface area contributed by atoms with Crippen molar-refractivity contribution in [2.45, 2.75) is 54.2 Å². The van der Waals surface area contributed by atoms with Crippen LogP contribution in [0.1, 0.15) is 48.5 Å². The van der Waals surface area contributed by atoms with Gasteiger partial charge in [0.15, 0.2) is 6.29 Å². The van der Waals surface area contributed by atoms with Gasteiger partial charge in [0.05, 0.1) is 18.8 Å². The number of alkyl halides is 3. The summed E-state index contributed by atoms with van der Waals surface area (Å²) in [6, 6.07) is 23.0. The van der Waals surface area contributed by atoms with E-state index in [2.05, 4.69) is 17.6 Å². The molecule has 0 aliphatic carbocycles. The van der Waals surface area contributed by atoms with Gasteiger partial charge in [-0.3, -0.25) is 9.59 Å². The molecule has 0 saturated carbocycles. The molecule has 1 aliphatic rings. The Bertz CT molecular complexity index is 1320. The summed E-state index contributed by atoms with van der Waals surface area (Å²) in [5.74, 6) is -0.0830. The highest BCUT2D eigenvalue weighted by Gasteiger charge is 2.38. The smallest absolute Gasteiger partial charge is 0.272 e. The molecule has 4 atom stereocenters. The predicted octanol–water partition coefficient (Wildman–Crippen LogP) is 6.71. The normalized spacial score (nSPS) is 20.8. The molecule has 11 heteroatoms. The zero-order chi connectivity index (χ0) is 29.6. The van der Waals surface area contributed by atoms with E-state index < -0.39 is 16.0 Å². The van der Waals surface area contributed by atoms with Gasteiger partial charge in [-0.15, -0.1) is 11.8 Å². The van der Waals surface area contributed by atoms with Crippen molar-refractivity contribution >= 4 is 64.1 Å². The van der Waals surface area contributed by atoms with Crippen LogP contribution >= 0.6 is 46.6 Å². The van der Waals surface area contributed by atoms with E-state index in [9.17, 15) is 14.7 Å². The van der Waals surface area contributed by atoms with Crippen molar-refractivity contribution in [1.29, 1.82) is 0 Å². The number of amides is 2. The van der Waals surface area contributed by atoms with Crippen LogP contribution in [0.3, 0.4) is 0 Å². The Morgan fingerprint density at radius 3 is 2.10 bits per heavy atom. The maximum absolute atomic E-state index is 11.9. The second-order valence-electron chi connectivity index (χ2n) is 9.76. The van der Waals surface area contributed by atoms with E-state index in [4.69, 9.17) is 44.3 Å². The Hall–Kier alpha value is -2.30. The maximum Gasteiger partial charge on any atom is 0.272 e. The molecule has 4 rings (SSSR count). The molecule has 3 N–H and O–H groups in total. The molecule has 0 aromatic heterocycles. The molecular weight excluding hydrogens is 607 g/mol. The Kier molecular flexibility index (Phi) is 11.0. The average molecular weight is 638 g/mol. The molecule has 1 aliphatic heterocycles. The molecule has 41 heavy (non-hydrogen) atoms. The zero-order valence-corrected chi connectivity index (χ0v) is 25.6. The first-order valence-corrected chi connectivity index (χ1v) is 15.1. The first kappa shape index (κ1) is 31.6. The second-order valence-corrected chi connectivity index (χ2v) is 13.1. The van der Waals surface area contributed by atoms with Gasteiger partial charge >= 0.3 is 0 Å². The molecule has 0 spiro atoms. The van der Waals surface area contributed by atoms with E-state index in [-0.39, 0.29) is 37.2 Å². The third kappa shape index (κ3) is 8.85. The monoisotopic (exact) mass is 636 g/mol.